The summed E-state index contributed by atoms with van der Waals surface area (Å²) in [6, 6.07) is 11.4. The average molecular weight is 481 g/mol. The minimum atomic E-state index is -0.886. The lowest BCUT2D eigenvalue weighted by molar-refractivity contribution is -0.139. The Morgan fingerprint density at radius 2 is 1.91 bits per heavy atom. The lowest BCUT2D eigenvalue weighted by Crippen LogP contribution is -2.38. The van der Waals surface area contributed by atoms with Gasteiger partial charge in [0.2, 0.25) is 0 Å². The zero-order chi connectivity index (χ0) is 23.3. The summed E-state index contributed by atoms with van der Waals surface area (Å²) in [6.45, 7) is 0.551. The molecule has 32 heavy (non-hydrogen) atoms. The van der Waals surface area contributed by atoms with Crippen LogP contribution in [0.5, 0.6) is 5.75 Å². The molecule has 0 aromatic heterocycles. The first-order chi connectivity index (χ1) is 15.4. The number of ether oxygens (including phenoxy) is 2. The summed E-state index contributed by atoms with van der Waals surface area (Å²) in [4.78, 5) is 35.4. The molecule has 0 aliphatic heterocycles. The van der Waals surface area contributed by atoms with Gasteiger partial charge < -0.3 is 20.1 Å². The van der Waals surface area contributed by atoms with Gasteiger partial charge in [0, 0.05) is 25.3 Å². The fourth-order valence-corrected chi connectivity index (χ4v) is 2.78. The smallest absolute Gasteiger partial charge is 0.329 e. The van der Waals surface area contributed by atoms with Crippen molar-refractivity contribution in [3.05, 3.63) is 58.1 Å². The summed E-state index contributed by atoms with van der Waals surface area (Å²) in [5, 5.41) is 9.60. The largest absolute Gasteiger partial charge is 0.484 e. The molecule has 2 aromatic rings. The molecule has 11 heteroatoms. The van der Waals surface area contributed by atoms with Crippen LogP contribution in [0.1, 0.15) is 12.0 Å². The molecular weight excluding hydrogens is 459 g/mol. The molecular formula is C21H22Cl2N4O5. The van der Waals surface area contributed by atoms with Gasteiger partial charge in [-0.3, -0.25) is 14.4 Å². The number of carbonyl (C=O) groups excluding carboxylic acids is 3. The highest BCUT2D eigenvalue weighted by Gasteiger charge is 2.11. The number of anilines is 1. The number of amides is 3. The van der Waals surface area contributed by atoms with Crippen LogP contribution >= 0.6 is 23.2 Å². The minimum absolute atomic E-state index is 0.250. The molecule has 0 aliphatic rings. The van der Waals surface area contributed by atoms with Crippen LogP contribution in [0.3, 0.4) is 0 Å². The highest BCUT2D eigenvalue weighted by Crippen LogP contribution is 2.25. The third kappa shape index (κ3) is 8.93. The van der Waals surface area contributed by atoms with Crippen LogP contribution in [0.15, 0.2) is 47.6 Å². The second-order valence-corrected chi connectivity index (χ2v) is 7.18. The fourth-order valence-electron chi connectivity index (χ4n) is 2.33. The molecule has 2 rings (SSSR count). The zero-order valence-electron chi connectivity index (χ0n) is 17.2. The molecule has 0 saturated heterocycles. The van der Waals surface area contributed by atoms with Gasteiger partial charge in [-0.05, 0) is 42.3 Å². The van der Waals surface area contributed by atoms with Crippen molar-refractivity contribution >= 4 is 52.8 Å². The Morgan fingerprint density at radius 3 is 2.66 bits per heavy atom. The number of benzene rings is 2. The first-order valence-corrected chi connectivity index (χ1v) is 10.2. The monoisotopic (exact) mass is 480 g/mol. The van der Waals surface area contributed by atoms with E-state index in [0.29, 0.717) is 46.6 Å². The topological polar surface area (TPSA) is 118 Å². The van der Waals surface area contributed by atoms with Crippen molar-refractivity contribution in [3.63, 3.8) is 0 Å². The van der Waals surface area contributed by atoms with Crippen molar-refractivity contribution in [2.45, 2.75) is 6.42 Å². The predicted molar refractivity (Wildman–Crippen MR) is 122 cm³/mol. The zero-order valence-corrected chi connectivity index (χ0v) is 18.7. The summed E-state index contributed by atoms with van der Waals surface area (Å²) in [6.07, 6.45) is 1.94. The predicted octanol–water partition coefficient (Wildman–Crippen LogP) is 2.61. The Kier molecular flexibility index (Phi) is 10.5. The third-order valence-electron chi connectivity index (χ3n) is 3.83. The molecule has 0 atom stereocenters. The molecule has 0 spiro atoms. The van der Waals surface area contributed by atoms with Gasteiger partial charge in [-0.1, -0.05) is 35.3 Å². The number of hydrazone groups is 1. The molecule has 170 valence electrons. The first kappa shape index (κ1) is 25.1. The Balaban J connectivity index is 1.80. The number of methoxy groups -OCH3 is 1. The summed E-state index contributed by atoms with van der Waals surface area (Å²) < 4.78 is 10.3. The molecule has 0 heterocycles. The van der Waals surface area contributed by atoms with E-state index in [1.54, 1.807) is 43.5 Å². The fraction of sp³-hybridized carbons (Fsp3) is 0.238. The quantitative estimate of drug-likeness (QED) is 0.209. The van der Waals surface area contributed by atoms with Crippen LogP contribution in [-0.4, -0.2) is 50.8 Å². The van der Waals surface area contributed by atoms with E-state index in [9.17, 15) is 14.4 Å². The molecule has 0 aliphatic carbocycles. The molecule has 0 radical (unpaired) electrons. The standard InChI is InChI=1S/C21H22Cl2N4O5/c1-31-9-3-8-24-20(29)21(30)27-25-12-14-4-2-5-16(10-14)32-13-19(28)26-18-7-6-15(22)11-17(18)23/h2,4-7,10-12H,3,8-9,13H2,1H3,(H,24,29)(H,26,28)(H,27,30)/b25-12-. The summed E-state index contributed by atoms with van der Waals surface area (Å²) in [5.41, 5.74) is 3.15. The highest BCUT2D eigenvalue weighted by molar-refractivity contribution is 6.36. The SMILES string of the molecule is COCCCNC(=O)C(=O)N/N=C\c1cccc(OCC(=O)Nc2ccc(Cl)cc2Cl)c1. The Bertz CT molecular complexity index is 984. The molecule has 0 bridgehead atoms. The third-order valence-corrected chi connectivity index (χ3v) is 4.38. The maximum Gasteiger partial charge on any atom is 0.329 e. The first-order valence-electron chi connectivity index (χ1n) is 9.47. The van der Waals surface area contributed by atoms with Crippen LogP contribution < -0.4 is 20.8 Å². The Morgan fingerprint density at radius 1 is 1.09 bits per heavy atom. The lowest BCUT2D eigenvalue weighted by atomic mass is 10.2. The Hall–Kier alpha value is -3.14. The number of hydrogen-bond acceptors (Lipinski definition) is 6. The molecule has 9 nitrogen and oxygen atoms in total. The van der Waals surface area contributed by atoms with E-state index in [1.165, 1.54) is 12.3 Å². The van der Waals surface area contributed by atoms with Crippen LogP contribution in [0.25, 0.3) is 0 Å². The molecule has 3 N–H and O–H groups in total. The molecule has 3 amide bonds. The van der Waals surface area contributed by atoms with E-state index in [2.05, 4.69) is 21.2 Å². The maximum atomic E-state index is 12.1. The van der Waals surface area contributed by atoms with Gasteiger partial charge in [0.25, 0.3) is 5.91 Å². The second-order valence-electron chi connectivity index (χ2n) is 6.33. The van der Waals surface area contributed by atoms with Crippen LogP contribution in [0.2, 0.25) is 10.0 Å². The van der Waals surface area contributed by atoms with E-state index in [4.69, 9.17) is 32.7 Å². The van der Waals surface area contributed by atoms with Gasteiger partial charge in [0.15, 0.2) is 6.61 Å². The second kappa shape index (κ2) is 13.3. The Labute approximate surface area is 195 Å². The molecule has 0 fully saturated rings. The number of halogens is 2. The van der Waals surface area contributed by atoms with Gasteiger partial charge in [0.05, 0.1) is 16.9 Å². The van der Waals surface area contributed by atoms with Crippen molar-refractivity contribution < 1.29 is 23.9 Å². The van der Waals surface area contributed by atoms with Crippen molar-refractivity contribution in [1.29, 1.82) is 0 Å². The van der Waals surface area contributed by atoms with E-state index >= 15 is 0 Å². The van der Waals surface area contributed by atoms with Gasteiger partial charge in [-0.25, -0.2) is 5.43 Å². The van der Waals surface area contributed by atoms with E-state index < -0.39 is 17.7 Å². The van der Waals surface area contributed by atoms with E-state index in [0.717, 1.165) is 0 Å². The molecule has 0 unspecified atom stereocenters. The van der Waals surface area contributed by atoms with Crippen molar-refractivity contribution in [2.75, 3.05) is 32.2 Å². The number of rotatable bonds is 10. The van der Waals surface area contributed by atoms with Gasteiger partial charge in [-0.15, -0.1) is 0 Å². The summed E-state index contributed by atoms with van der Waals surface area (Å²) >= 11 is 11.9. The van der Waals surface area contributed by atoms with Gasteiger partial charge >= 0.3 is 11.8 Å². The van der Waals surface area contributed by atoms with E-state index in [1.807, 2.05) is 0 Å². The number of nitrogens with one attached hydrogen (secondary N) is 3. The maximum absolute atomic E-state index is 12.1. The number of hydrogen-bond donors (Lipinski definition) is 3. The van der Waals surface area contributed by atoms with Gasteiger partial charge in [-0.2, -0.15) is 5.10 Å². The summed E-state index contributed by atoms with van der Waals surface area (Å²) in [5.74, 6) is -1.67. The van der Waals surface area contributed by atoms with Crippen LogP contribution in [0.4, 0.5) is 5.69 Å². The van der Waals surface area contributed by atoms with Crippen molar-refractivity contribution in [3.8, 4) is 5.75 Å². The van der Waals surface area contributed by atoms with Crippen molar-refractivity contribution in [2.24, 2.45) is 5.10 Å². The minimum Gasteiger partial charge on any atom is -0.484 e. The van der Waals surface area contributed by atoms with Gasteiger partial charge in [0.1, 0.15) is 5.75 Å². The lowest BCUT2D eigenvalue weighted by Gasteiger charge is -2.09. The normalized spacial score (nSPS) is 10.6. The van der Waals surface area contributed by atoms with E-state index in [-0.39, 0.29) is 6.61 Å². The number of carbonyl (C=O) groups is 3. The number of nitrogens with zero attached hydrogens (tertiary/aromatic N) is 1. The molecule has 0 saturated carbocycles. The van der Waals surface area contributed by atoms with Crippen molar-refractivity contribution in [1.82, 2.24) is 10.7 Å². The van der Waals surface area contributed by atoms with Crippen LogP contribution in [-0.2, 0) is 19.1 Å². The molecule has 2 aromatic carbocycles. The average Bonchev–Trinajstić information content (AvgIpc) is 2.77. The highest BCUT2D eigenvalue weighted by atomic mass is 35.5. The summed E-state index contributed by atoms with van der Waals surface area (Å²) in [7, 11) is 1.55. The van der Waals surface area contributed by atoms with Crippen LogP contribution in [0, 0.1) is 0 Å².